The predicted molar refractivity (Wildman–Crippen MR) is 73.2 cm³/mol. The van der Waals surface area contributed by atoms with Gasteiger partial charge in [0.25, 0.3) is 0 Å². The molecule has 7 heteroatoms. The molecule has 0 heterocycles. The van der Waals surface area contributed by atoms with E-state index >= 15 is 0 Å². The van der Waals surface area contributed by atoms with E-state index < -0.39 is 17.5 Å². The van der Waals surface area contributed by atoms with E-state index in [2.05, 4.69) is 10.6 Å². The Kier molecular flexibility index (Phi) is 5.35. The van der Waals surface area contributed by atoms with E-state index in [4.69, 9.17) is 0 Å². The highest BCUT2D eigenvalue weighted by Gasteiger charge is 2.49. The fraction of sp³-hybridized carbons (Fsp3) is 0.769. The Hall–Kier alpha value is -1.79. The minimum Gasteiger partial charge on any atom is -0.480 e. The number of nitrogens with zero attached hydrogens (tertiary/aromatic N) is 1. The van der Waals surface area contributed by atoms with Gasteiger partial charge in [0.15, 0.2) is 0 Å². The molecule has 1 saturated carbocycles. The number of carbonyl (C=O) groups excluding carboxylic acids is 2. The van der Waals surface area contributed by atoms with Gasteiger partial charge in [-0.3, -0.25) is 4.79 Å². The lowest BCUT2D eigenvalue weighted by molar-refractivity contribution is -0.144. The average Bonchev–Trinajstić information content (AvgIpc) is 3.22. The van der Waals surface area contributed by atoms with Crippen LogP contribution in [0.2, 0.25) is 0 Å². The Morgan fingerprint density at radius 3 is 2.35 bits per heavy atom. The molecule has 0 aromatic carbocycles. The molecule has 1 atom stereocenters. The summed E-state index contributed by atoms with van der Waals surface area (Å²) in [6.07, 6.45) is 2.29. The largest absolute Gasteiger partial charge is 0.480 e. The van der Waals surface area contributed by atoms with E-state index in [1.165, 1.54) is 18.9 Å². The van der Waals surface area contributed by atoms with Crippen molar-refractivity contribution >= 4 is 17.9 Å². The zero-order chi connectivity index (χ0) is 15.3. The molecule has 114 valence electrons. The number of nitrogens with one attached hydrogen (secondary N) is 2. The number of hydrogen-bond donors (Lipinski definition) is 3. The molecule has 1 aliphatic carbocycles. The lowest BCUT2D eigenvalue weighted by atomic mass is 9.96. The van der Waals surface area contributed by atoms with Crippen molar-refractivity contribution in [1.82, 2.24) is 15.5 Å². The number of carbonyl (C=O) groups is 3. The van der Waals surface area contributed by atoms with Crippen LogP contribution in [0.5, 0.6) is 0 Å². The van der Waals surface area contributed by atoms with Gasteiger partial charge >= 0.3 is 12.0 Å². The van der Waals surface area contributed by atoms with Gasteiger partial charge in [0.1, 0.15) is 12.1 Å². The topological polar surface area (TPSA) is 98.7 Å². The second-order valence-electron chi connectivity index (χ2n) is 5.31. The van der Waals surface area contributed by atoms with Crippen LogP contribution in [0, 0.1) is 5.92 Å². The quantitative estimate of drug-likeness (QED) is 0.631. The Labute approximate surface area is 118 Å². The van der Waals surface area contributed by atoms with Crippen LogP contribution in [-0.2, 0) is 9.59 Å². The summed E-state index contributed by atoms with van der Waals surface area (Å²) in [7, 11) is 1.50. The first-order valence-corrected chi connectivity index (χ1v) is 6.86. The molecule has 3 N–H and O–H groups in total. The van der Waals surface area contributed by atoms with Crippen molar-refractivity contribution in [2.45, 2.75) is 38.6 Å². The van der Waals surface area contributed by atoms with Crippen LogP contribution in [0.1, 0.15) is 33.1 Å². The van der Waals surface area contributed by atoms with Crippen molar-refractivity contribution in [3.63, 3.8) is 0 Å². The zero-order valence-electron chi connectivity index (χ0n) is 12.2. The first kappa shape index (κ1) is 16.3. The number of urea groups is 1. The first-order valence-electron chi connectivity index (χ1n) is 6.86. The molecule has 0 spiro atoms. The fourth-order valence-electron chi connectivity index (χ4n) is 2.07. The average molecular weight is 285 g/mol. The van der Waals surface area contributed by atoms with Gasteiger partial charge < -0.3 is 20.6 Å². The van der Waals surface area contributed by atoms with Crippen LogP contribution < -0.4 is 10.6 Å². The van der Waals surface area contributed by atoms with Crippen LogP contribution >= 0.6 is 0 Å². The maximum Gasteiger partial charge on any atom is 0.329 e. The lowest BCUT2D eigenvalue weighted by Crippen LogP contribution is -2.58. The third-order valence-corrected chi connectivity index (χ3v) is 3.60. The Morgan fingerprint density at radius 2 is 1.95 bits per heavy atom. The predicted octanol–water partition coefficient (Wildman–Crippen LogP) is 0.407. The minimum absolute atomic E-state index is 0.0348. The Morgan fingerprint density at radius 1 is 1.35 bits per heavy atom. The van der Waals surface area contributed by atoms with E-state index in [1.54, 1.807) is 0 Å². The standard InChI is InChI=1S/C13H23N3O4/c1-4-7-16(8-10(17)14-3)12(20)15-13(2,11(18)19)9-5-6-9/h9H,4-8H2,1-3H3,(H,14,17)(H,15,20)(H,18,19). The SMILES string of the molecule is CCCN(CC(=O)NC)C(=O)NC(C)(C(=O)O)C1CC1. The summed E-state index contributed by atoms with van der Waals surface area (Å²) in [6.45, 7) is 3.74. The highest BCUT2D eigenvalue weighted by Crippen LogP contribution is 2.39. The molecule has 20 heavy (non-hydrogen) atoms. The number of likely N-dealkylation sites (N-methyl/N-ethyl adjacent to an activating group) is 1. The molecule has 7 nitrogen and oxygen atoms in total. The minimum atomic E-state index is -1.26. The van der Waals surface area contributed by atoms with Crippen LogP contribution in [0.4, 0.5) is 4.79 Å². The third kappa shape index (κ3) is 3.85. The summed E-state index contributed by atoms with van der Waals surface area (Å²) < 4.78 is 0. The maximum absolute atomic E-state index is 12.2. The molecule has 0 bridgehead atoms. The van der Waals surface area contributed by atoms with E-state index in [0.717, 1.165) is 12.8 Å². The van der Waals surface area contributed by atoms with Crippen molar-refractivity contribution in [1.29, 1.82) is 0 Å². The van der Waals surface area contributed by atoms with Gasteiger partial charge in [-0.25, -0.2) is 9.59 Å². The number of amides is 3. The number of hydrogen-bond acceptors (Lipinski definition) is 3. The van der Waals surface area contributed by atoms with Gasteiger partial charge in [-0.2, -0.15) is 0 Å². The van der Waals surface area contributed by atoms with Gasteiger partial charge in [0, 0.05) is 13.6 Å². The normalized spacial score (nSPS) is 16.9. The van der Waals surface area contributed by atoms with E-state index in [1.807, 2.05) is 6.92 Å². The van der Waals surface area contributed by atoms with Crippen molar-refractivity contribution < 1.29 is 19.5 Å². The van der Waals surface area contributed by atoms with E-state index in [0.29, 0.717) is 13.0 Å². The second-order valence-corrected chi connectivity index (χ2v) is 5.31. The number of carboxylic acid groups (broad SMARTS) is 1. The highest BCUT2D eigenvalue weighted by molar-refractivity contribution is 5.89. The van der Waals surface area contributed by atoms with Crippen molar-refractivity contribution in [3.8, 4) is 0 Å². The van der Waals surface area contributed by atoms with E-state index in [-0.39, 0.29) is 18.4 Å². The van der Waals surface area contributed by atoms with Crippen LogP contribution in [0.15, 0.2) is 0 Å². The zero-order valence-corrected chi connectivity index (χ0v) is 12.2. The number of aliphatic carboxylic acids is 1. The highest BCUT2D eigenvalue weighted by atomic mass is 16.4. The smallest absolute Gasteiger partial charge is 0.329 e. The summed E-state index contributed by atoms with van der Waals surface area (Å²) in [6, 6.07) is -0.507. The summed E-state index contributed by atoms with van der Waals surface area (Å²) in [4.78, 5) is 36.3. The molecule has 0 aromatic heterocycles. The Bertz CT molecular complexity index is 395. The molecule has 3 amide bonds. The first-order chi connectivity index (χ1) is 9.35. The summed E-state index contributed by atoms with van der Waals surface area (Å²) >= 11 is 0. The monoisotopic (exact) mass is 285 g/mol. The number of carboxylic acids is 1. The van der Waals surface area contributed by atoms with Crippen molar-refractivity contribution in [2.75, 3.05) is 20.1 Å². The van der Waals surface area contributed by atoms with Gasteiger partial charge in [0.2, 0.25) is 5.91 Å². The molecule has 1 rings (SSSR count). The number of rotatable bonds is 7. The molecule has 0 saturated heterocycles. The van der Waals surface area contributed by atoms with Gasteiger partial charge in [-0.1, -0.05) is 6.92 Å². The Balaban J connectivity index is 2.73. The summed E-state index contributed by atoms with van der Waals surface area (Å²) in [5.41, 5.74) is -1.26. The summed E-state index contributed by atoms with van der Waals surface area (Å²) in [5, 5.41) is 14.3. The van der Waals surface area contributed by atoms with Crippen molar-refractivity contribution in [3.05, 3.63) is 0 Å². The molecule has 0 aromatic rings. The molecule has 0 aliphatic heterocycles. The van der Waals surface area contributed by atoms with Gasteiger partial charge in [-0.15, -0.1) is 0 Å². The maximum atomic E-state index is 12.2. The molecule has 0 radical (unpaired) electrons. The molecule has 1 fully saturated rings. The molecule has 1 unspecified atom stereocenters. The van der Waals surface area contributed by atoms with Gasteiger partial charge in [0.05, 0.1) is 0 Å². The molecular formula is C13H23N3O4. The van der Waals surface area contributed by atoms with Crippen LogP contribution in [0.3, 0.4) is 0 Å². The second kappa shape index (κ2) is 6.58. The third-order valence-electron chi connectivity index (χ3n) is 3.60. The molecular weight excluding hydrogens is 262 g/mol. The van der Waals surface area contributed by atoms with Crippen LogP contribution in [0.25, 0.3) is 0 Å². The lowest BCUT2D eigenvalue weighted by Gasteiger charge is -2.30. The van der Waals surface area contributed by atoms with E-state index in [9.17, 15) is 19.5 Å². The van der Waals surface area contributed by atoms with Crippen LogP contribution in [-0.4, -0.2) is 53.6 Å². The van der Waals surface area contributed by atoms with Gasteiger partial charge in [-0.05, 0) is 32.1 Å². The van der Waals surface area contributed by atoms with Crippen molar-refractivity contribution in [2.24, 2.45) is 5.92 Å². The summed E-state index contributed by atoms with van der Waals surface area (Å²) in [5.74, 6) is -1.35. The molecule has 1 aliphatic rings. The fourth-order valence-corrected chi connectivity index (χ4v) is 2.07.